The number of aromatic nitrogens is 2. The van der Waals surface area contributed by atoms with Gasteiger partial charge in [0, 0.05) is 17.1 Å². The molecule has 3 aromatic carbocycles. The Hall–Kier alpha value is -4.14. The molecule has 6 nitrogen and oxygen atoms in total. The first-order valence-corrected chi connectivity index (χ1v) is 10.3. The lowest BCUT2D eigenvalue weighted by atomic mass is 9.96. The maximum Gasteiger partial charge on any atom is 0.416 e. The third-order valence-corrected chi connectivity index (χ3v) is 5.60. The Labute approximate surface area is 193 Å². The van der Waals surface area contributed by atoms with E-state index in [0.717, 1.165) is 28.1 Å². The van der Waals surface area contributed by atoms with Crippen molar-refractivity contribution in [3.05, 3.63) is 77.0 Å². The van der Waals surface area contributed by atoms with Crippen molar-refractivity contribution < 1.29 is 22.7 Å². The second kappa shape index (κ2) is 8.66. The zero-order chi connectivity index (χ0) is 24.6. The number of methoxy groups -OCH3 is 1. The molecule has 4 rings (SSSR count). The number of anilines is 2. The summed E-state index contributed by atoms with van der Waals surface area (Å²) in [5, 5.41) is 3.38. The summed E-state index contributed by atoms with van der Waals surface area (Å²) in [6, 6.07) is 12.8. The molecular formula is C25H21F3N4O2. The highest BCUT2D eigenvalue weighted by Crippen LogP contribution is 2.39. The Morgan fingerprint density at radius 1 is 1.06 bits per heavy atom. The normalized spacial score (nSPS) is 11.5. The van der Waals surface area contributed by atoms with Gasteiger partial charge in [-0.05, 0) is 72.5 Å². The van der Waals surface area contributed by atoms with Crippen LogP contribution in [0.3, 0.4) is 0 Å². The highest BCUT2D eigenvalue weighted by Gasteiger charge is 2.34. The van der Waals surface area contributed by atoms with Crippen LogP contribution >= 0.6 is 0 Å². The van der Waals surface area contributed by atoms with E-state index in [0.29, 0.717) is 5.52 Å². The summed E-state index contributed by atoms with van der Waals surface area (Å²) in [5.41, 5.74) is 8.17. The van der Waals surface area contributed by atoms with Gasteiger partial charge in [0.2, 0.25) is 5.95 Å². The Bertz CT molecular complexity index is 1420. The summed E-state index contributed by atoms with van der Waals surface area (Å²) in [4.78, 5) is 21.3. The first kappa shape index (κ1) is 23.0. The minimum Gasteiger partial charge on any atom is -0.495 e. The topological polar surface area (TPSA) is 90.1 Å². The molecule has 0 aliphatic rings. The van der Waals surface area contributed by atoms with Crippen LogP contribution in [-0.2, 0) is 6.18 Å². The van der Waals surface area contributed by atoms with Gasteiger partial charge in [0.05, 0.1) is 23.9 Å². The van der Waals surface area contributed by atoms with Crippen molar-refractivity contribution in [1.29, 1.82) is 0 Å². The Balaban J connectivity index is 1.72. The van der Waals surface area contributed by atoms with Gasteiger partial charge >= 0.3 is 6.18 Å². The first-order valence-electron chi connectivity index (χ1n) is 10.3. The molecule has 0 bridgehead atoms. The molecule has 34 heavy (non-hydrogen) atoms. The van der Waals surface area contributed by atoms with Gasteiger partial charge in [-0.2, -0.15) is 13.2 Å². The molecule has 0 fully saturated rings. The molecule has 0 saturated heterocycles. The van der Waals surface area contributed by atoms with Gasteiger partial charge in [0.15, 0.2) is 0 Å². The van der Waals surface area contributed by atoms with Gasteiger partial charge in [-0.3, -0.25) is 4.79 Å². The molecule has 0 aliphatic heterocycles. The molecule has 0 radical (unpaired) electrons. The van der Waals surface area contributed by atoms with E-state index in [9.17, 15) is 18.0 Å². The summed E-state index contributed by atoms with van der Waals surface area (Å²) < 4.78 is 45.3. The number of alkyl halides is 3. The predicted octanol–water partition coefficient (Wildman–Crippen LogP) is 5.78. The highest BCUT2D eigenvalue weighted by molar-refractivity contribution is 6.06. The molecule has 0 atom stereocenters. The molecule has 1 amide bonds. The summed E-state index contributed by atoms with van der Waals surface area (Å²) in [7, 11) is 1.33. The Morgan fingerprint density at radius 3 is 2.53 bits per heavy atom. The molecule has 0 unspecified atom stereocenters. The van der Waals surface area contributed by atoms with E-state index in [1.54, 1.807) is 24.4 Å². The van der Waals surface area contributed by atoms with E-state index in [1.807, 2.05) is 25.1 Å². The first-order chi connectivity index (χ1) is 16.1. The van der Waals surface area contributed by atoms with Crippen molar-refractivity contribution >= 4 is 28.4 Å². The van der Waals surface area contributed by atoms with Gasteiger partial charge in [-0.1, -0.05) is 12.1 Å². The van der Waals surface area contributed by atoms with Gasteiger partial charge in [-0.25, -0.2) is 9.97 Å². The standard InChI is InChI=1S/C25H21F3N4O2/c1-13-4-5-16(11-18(13)15-6-8-20-17(10-15)12-30-24(29)31-20)23(33)32-22-14(2)19(25(26,27)28)7-9-21(22)34-3/h4-12H,1-3H3,(H,32,33)(H2,29,30,31). The van der Waals surface area contributed by atoms with Crippen LogP contribution in [0.2, 0.25) is 0 Å². The fourth-order valence-electron chi connectivity index (χ4n) is 3.79. The summed E-state index contributed by atoms with van der Waals surface area (Å²) in [5.74, 6) is -0.241. The molecule has 4 aromatic rings. The zero-order valence-corrected chi connectivity index (χ0v) is 18.6. The molecule has 1 heterocycles. The Morgan fingerprint density at radius 2 is 1.82 bits per heavy atom. The average Bonchev–Trinajstić information content (AvgIpc) is 2.79. The fraction of sp³-hybridized carbons (Fsp3) is 0.160. The quantitative estimate of drug-likeness (QED) is 0.398. The second-order valence-corrected chi connectivity index (χ2v) is 7.80. The predicted molar refractivity (Wildman–Crippen MR) is 125 cm³/mol. The number of nitrogens with zero attached hydrogens (tertiary/aromatic N) is 2. The number of nitrogens with two attached hydrogens (primary N) is 1. The Kier molecular flexibility index (Phi) is 5.87. The fourth-order valence-corrected chi connectivity index (χ4v) is 3.79. The lowest BCUT2D eigenvalue weighted by Crippen LogP contribution is -2.16. The summed E-state index contributed by atoms with van der Waals surface area (Å²) >= 11 is 0. The van der Waals surface area contributed by atoms with Gasteiger partial charge in [0.1, 0.15) is 5.75 Å². The van der Waals surface area contributed by atoms with Crippen LogP contribution in [0.1, 0.15) is 27.0 Å². The number of benzene rings is 3. The lowest BCUT2D eigenvalue weighted by Gasteiger charge is -2.18. The number of hydrogen-bond acceptors (Lipinski definition) is 5. The second-order valence-electron chi connectivity index (χ2n) is 7.80. The number of nitrogens with one attached hydrogen (secondary N) is 1. The van der Waals surface area contributed by atoms with Crippen molar-refractivity contribution in [2.75, 3.05) is 18.2 Å². The molecule has 174 valence electrons. The molecule has 3 N–H and O–H groups in total. The molecule has 0 saturated carbocycles. The molecule has 0 aliphatic carbocycles. The molecule has 0 spiro atoms. The minimum absolute atomic E-state index is 0.0232. The van der Waals surface area contributed by atoms with Gasteiger partial charge in [0.25, 0.3) is 5.91 Å². The number of ether oxygens (including phenoxy) is 1. The van der Waals surface area contributed by atoms with Crippen LogP contribution < -0.4 is 15.8 Å². The van der Waals surface area contributed by atoms with Crippen molar-refractivity contribution in [2.24, 2.45) is 0 Å². The van der Waals surface area contributed by atoms with E-state index >= 15 is 0 Å². The van der Waals surface area contributed by atoms with Crippen LogP contribution in [-0.4, -0.2) is 23.0 Å². The SMILES string of the molecule is COc1ccc(C(F)(F)F)c(C)c1NC(=O)c1ccc(C)c(-c2ccc3nc(N)ncc3c2)c1. The highest BCUT2D eigenvalue weighted by atomic mass is 19.4. The van der Waals surface area contributed by atoms with Crippen molar-refractivity contribution in [2.45, 2.75) is 20.0 Å². The van der Waals surface area contributed by atoms with Crippen LogP contribution in [0.25, 0.3) is 22.0 Å². The van der Waals surface area contributed by atoms with Crippen LogP contribution in [0.4, 0.5) is 24.8 Å². The summed E-state index contributed by atoms with van der Waals surface area (Å²) in [6.45, 7) is 3.20. The van der Waals surface area contributed by atoms with Crippen LogP contribution in [0.15, 0.2) is 54.7 Å². The average molecular weight is 466 g/mol. The number of fused-ring (bicyclic) bond motifs is 1. The number of hydrogen-bond donors (Lipinski definition) is 2. The molecule has 1 aromatic heterocycles. The monoisotopic (exact) mass is 466 g/mol. The van der Waals surface area contributed by atoms with E-state index in [2.05, 4.69) is 15.3 Å². The number of rotatable bonds is 4. The zero-order valence-electron chi connectivity index (χ0n) is 18.6. The van der Waals surface area contributed by atoms with Gasteiger partial charge in [-0.15, -0.1) is 0 Å². The van der Waals surface area contributed by atoms with Gasteiger partial charge < -0.3 is 15.8 Å². The maximum atomic E-state index is 13.4. The number of carbonyl (C=O) groups is 1. The lowest BCUT2D eigenvalue weighted by molar-refractivity contribution is -0.138. The minimum atomic E-state index is -4.56. The van der Waals surface area contributed by atoms with Crippen molar-refractivity contribution in [3.8, 4) is 16.9 Å². The van der Waals surface area contributed by atoms with E-state index in [-0.39, 0.29) is 28.5 Å². The van der Waals surface area contributed by atoms with Crippen molar-refractivity contribution in [1.82, 2.24) is 9.97 Å². The van der Waals surface area contributed by atoms with Crippen LogP contribution in [0.5, 0.6) is 5.75 Å². The largest absolute Gasteiger partial charge is 0.495 e. The maximum absolute atomic E-state index is 13.4. The molecular weight excluding hydrogens is 445 g/mol. The molecule has 9 heteroatoms. The van der Waals surface area contributed by atoms with Crippen molar-refractivity contribution in [3.63, 3.8) is 0 Å². The number of aryl methyl sites for hydroxylation is 1. The number of carbonyl (C=O) groups excluding carboxylic acids is 1. The third-order valence-electron chi connectivity index (χ3n) is 5.60. The van der Waals surface area contributed by atoms with Crippen LogP contribution in [0, 0.1) is 13.8 Å². The number of amides is 1. The smallest absolute Gasteiger partial charge is 0.416 e. The van der Waals surface area contributed by atoms with E-state index < -0.39 is 17.6 Å². The summed E-state index contributed by atoms with van der Waals surface area (Å²) in [6.07, 6.45) is -2.94. The number of nitrogen functional groups attached to an aromatic ring is 1. The third kappa shape index (κ3) is 4.36. The van der Waals surface area contributed by atoms with E-state index in [4.69, 9.17) is 10.5 Å². The van der Waals surface area contributed by atoms with E-state index in [1.165, 1.54) is 20.1 Å². The number of halogens is 3.